The number of hydrogen-bond donors (Lipinski definition) is 1. The van der Waals surface area contributed by atoms with E-state index in [1.807, 2.05) is 44.2 Å². The van der Waals surface area contributed by atoms with Crippen molar-refractivity contribution in [2.45, 2.75) is 20.4 Å². The summed E-state index contributed by atoms with van der Waals surface area (Å²) in [6.07, 6.45) is 0. The molecule has 0 bridgehead atoms. The van der Waals surface area contributed by atoms with Gasteiger partial charge in [0.1, 0.15) is 11.5 Å². The van der Waals surface area contributed by atoms with Gasteiger partial charge in [-0.2, -0.15) is 0 Å². The van der Waals surface area contributed by atoms with Crippen molar-refractivity contribution in [3.63, 3.8) is 0 Å². The number of rotatable bonds is 3. The van der Waals surface area contributed by atoms with Gasteiger partial charge < -0.3 is 9.73 Å². The maximum atomic E-state index is 12.1. The zero-order chi connectivity index (χ0) is 14.1. The van der Waals surface area contributed by atoms with Crippen LogP contribution < -0.4 is 5.32 Å². The quantitative estimate of drug-likeness (QED) is 0.802. The molecule has 1 amide bonds. The molecule has 5 heteroatoms. The van der Waals surface area contributed by atoms with E-state index in [0.29, 0.717) is 11.6 Å². The Hall–Kier alpha value is -2.14. The Labute approximate surface area is 120 Å². The van der Waals surface area contributed by atoms with Gasteiger partial charge in [-0.15, -0.1) is 11.3 Å². The third-order valence-electron chi connectivity index (χ3n) is 3.07. The van der Waals surface area contributed by atoms with E-state index in [1.54, 1.807) is 0 Å². The fourth-order valence-electron chi connectivity index (χ4n) is 2.08. The molecule has 102 valence electrons. The zero-order valence-corrected chi connectivity index (χ0v) is 12.1. The molecule has 1 aromatic carbocycles. The molecule has 20 heavy (non-hydrogen) atoms. The number of amides is 1. The molecule has 1 N–H and O–H groups in total. The van der Waals surface area contributed by atoms with Gasteiger partial charge in [0.15, 0.2) is 5.01 Å². The average molecular weight is 286 g/mol. The molecule has 2 heterocycles. The first kappa shape index (κ1) is 12.9. The highest BCUT2D eigenvalue weighted by Gasteiger charge is 2.13. The highest BCUT2D eigenvalue weighted by atomic mass is 32.1. The molecule has 0 aliphatic rings. The van der Waals surface area contributed by atoms with E-state index >= 15 is 0 Å². The molecule has 4 nitrogen and oxygen atoms in total. The van der Waals surface area contributed by atoms with Crippen LogP contribution in [0, 0.1) is 13.8 Å². The molecule has 0 saturated heterocycles. The summed E-state index contributed by atoms with van der Waals surface area (Å²) in [6.45, 7) is 4.25. The van der Waals surface area contributed by atoms with Crippen molar-refractivity contribution in [2.75, 3.05) is 0 Å². The van der Waals surface area contributed by atoms with Crippen LogP contribution in [0.4, 0.5) is 0 Å². The second kappa shape index (κ2) is 5.09. The van der Waals surface area contributed by atoms with Gasteiger partial charge in [-0.3, -0.25) is 4.79 Å². The third-order valence-corrected chi connectivity index (χ3v) is 4.11. The third kappa shape index (κ3) is 2.44. The lowest BCUT2D eigenvalue weighted by atomic mass is 10.2. The summed E-state index contributed by atoms with van der Waals surface area (Å²) >= 11 is 1.40. The first-order valence-electron chi connectivity index (χ1n) is 6.33. The van der Waals surface area contributed by atoms with Gasteiger partial charge in [0, 0.05) is 12.1 Å². The number of para-hydroxylation sites is 1. The molecule has 3 aromatic rings. The maximum absolute atomic E-state index is 12.1. The van der Waals surface area contributed by atoms with Crippen LogP contribution in [0.5, 0.6) is 0 Å². The summed E-state index contributed by atoms with van der Waals surface area (Å²) in [7, 11) is 0. The van der Waals surface area contributed by atoms with Crippen LogP contribution in [0.15, 0.2) is 34.7 Å². The summed E-state index contributed by atoms with van der Waals surface area (Å²) in [6, 6.07) is 9.68. The molecule has 2 aromatic heterocycles. The summed E-state index contributed by atoms with van der Waals surface area (Å²) in [5, 5.41) is 3.37. The SMILES string of the molecule is Cc1cc(CNC(=O)c2nc3ccccc3s2)c(C)o1. The lowest BCUT2D eigenvalue weighted by Crippen LogP contribution is -2.22. The lowest BCUT2D eigenvalue weighted by Gasteiger charge is -2.01. The molecule has 0 aliphatic heterocycles. The first-order chi connectivity index (χ1) is 9.63. The highest BCUT2D eigenvalue weighted by Crippen LogP contribution is 2.21. The smallest absolute Gasteiger partial charge is 0.280 e. The van der Waals surface area contributed by atoms with Crippen molar-refractivity contribution in [2.24, 2.45) is 0 Å². The second-order valence-electron chi connectivity index (χ2n) is 4.61. The van der Waals surface area contributed by atoms with E-state index in [-0.39, 0.29) is 5.91 Å². The Balaban J connectivity index is 1.74. The Bertz CT molecular complexity index is 740. The van der Waals surface area contributed by atoms with Gasteiger partial charge in [0.25, 0.3) is 5.91 Å². The topological polar surface area (TPSA) is 55.1 Å². The van der Waals surface area contributed by atoms with Crippen molar-refractivity contribution in [1.82, 2.24) is 10.3 Å². The molecule has 0 fully saturated rings. The predicted octanol–water partition coefficient (Wildman–Crippen LogP) is 3.44. The van der Waals surface area contributed by atoms with E-state index in [4.69, 9.17) is 4.42 Å². The second-order valence-corrected chi connectivity index (χ2v) is 5.64. The van der Waals surface area contributed by atoms with Crippen LogP contribution in [0.3, 0.4) is 0 Å². The monoisotopic (exact) mass is 286 g/mol. The van der Waals surface area contributed by atoms with Gasteiger partial charge in [-0.05, 0) is 32.0 Å². The summed E-state index contributed by atoms with van der Waals surface area (Å²) < 4.78 is 6.46. The Morgan fingerprint density at radius 3 is 2.85 bits per heavy atom. The Morgan fingerprint density at radius 1 is 1.35 bits per heavy atom. The fraction of sp³-hybridized carbons (Fsp3) is 0.200. The van der Waals surface area contributed by atoms with E-state index in [2.05, 4.69) is 10.3 Å². The largest absolute Gasteiger partial charge is 0.466 e. The number of fused-ring (bicyclic) bond motifs is 1. The fourth-order valence-corrected chi connectivity index (χ4v) is 2.96. The number of nitrogens with zero attached hydrogens (tertiary/aromatic N) is 1. The van der Waals surface area contributed by atoms with E-state index in [9.17, 15) is 4.79 Å². The molecule has 0 radical (unpaired) electrons. The number of hydrogen-bond acceptors (Lipinski definition) is 4. The van der Waals surface area contributed by atoms with Crippen molar-refractivity contribution in [1.29, 1.82) is 0 Å². The van der Waals surface area contributed by atoms with Crippen LogP contribution in [0.2, 0.25) is 0 Å². The number of nitrogens with one attached hydrogen (secondary N) is 1. The summed E-state index contributed by atoms with van der Waals surface area (Å²) in [5.41, 5.74) is 1.86. The Kier molecular flexibility index (Phi) is 3.28. The van der Waals surface area contributed by atoms with Gasteiger partial charge in [-0.1, -0.05) is 12.1 Å². The van der Waals surface area contributed by atoms with Crippen LogP contribution in [-0.4, -0.2) is 10.9 Å². The van der Waals surface area contributed by atoms with Gasteiger partial charge in [-0.25, -0.2) is 4.98 Å². The minimum atomic E-state index is -0.149. The van der Waals surface area contributed by atoms with Gasteiger partial charge in [0.2, 0.25) is 0 Å². The molecule has 3 rings (SSSR count). The maximum Gasteiger partial charge on any atom is 0.280 e. The predicted molar refractivity (Wildman–Crippen MR) is 79.0 cm³/mol. The molecule has 0 aliphatic carbocycles. The number of benzene rings is 1. The highest BCUT2D eigenvalue weighted by molar-refractivity contribution is 7.20. The normalized spacial score (nSPS) is 10.9. The van der Waals surface area contributed by atoms with Gasteiger partial charge >= 0.3 is 0 Å². The van der Waals surface area contributed by atoms with Crippen molar-refractivity contribution < 1.29 is 9.21 Å². The zero-order valence-electron chi connectivity index (χ0n) is 11.3. The van der Waals surface area contributed by atoms with E-state index in [1.165, 1.54) is 11.3 Å². The summed E-state index contributed by atoms with van der Waals surface area (Å²) in [4.78, 5) is 16.4. The molecule has 0 saturated carbocycles. The minimum Gasteiger partial charge on any atom is -0.466 e. The van der Waals surface area contributed by atoms with Crippen LogP contribution >= 0.6 is 11.3 Å². The number of aryl methyl sites for hydroxylation is 2. The van der Waals surface area contributed by atoms with E-state index < -0.39 is 0 Å². The molecule has 0 unspecified atom stereocenters. The number of carbonyl (C=O) groups excluding carboxylic acids is 1. The van der Waals surface area contributed by atoms with Crippen LogP contribution in [-0.2, 0) is 6.54 Å². The Morgan fingerprint density at radius 2 is 2.15 bits per heavy atom. The number of aromatic nitrogens is 1. The standard InChI is InChI=1S/C15H14N2O2S/c1-9-7-11(10(2)19-9)8-16-14(18)15-17-12-5-3-4-6-13(12)20-15/h3-7H,8H2,1-2H3,(H,16,18). The van der Waals surface area contributed by atoms with Crippen LogP contribution in [0.25, 0.3) is 10.2 Å². The molecular weight excluding hydrogens is 272 g/mol. The minimum absolute atomic E-state index is 0.149. The number of carbonyl (C=O) groups is 1. The lowest BCUT2D eigenvalue weighted by molar-refractivity contribution is 0.0950. The molecule has 0 spiro atoms. The van der Waals surface area contributed by atoms with Crippen molar-refractivity contribution in [3.05, 3.63) is 52.4 Å². The average Bonchev–Trinajstić information content (AvgIpc) is 2.99. The van der Waals surface area contributed by atoms with Crippen molar-refractivity contribution >= 4 is 27.5 Å². The van der Waals surface area contributed by atoms with Crippen molar-refractivity contribution in [3.8, 4) is 0 Å². The van der Waals surface area contributed by atoms with Gasteiger partial charge in [0.05, 0.1) is 10.2 Å². The molecule has 0 atom stereocenters. The first-order valence-corrected chi connectivity index (χ1v) is 7.15. The van der Waals surface area contributed by atoms with Crippen LogP contribution in [0.1, 0.15) is 26.9 Å². The molecular formula is C15H14N2O2S. The number of furan rings is 1. The number of thiazole rings is 1. The van der Waals surface area contributed by atoms with E-state index in [0.717, 1.165) is 27.3 Å². The summed E-state index contributed by atoms with van der Waals surface area (Å²) in [5.74, 6) is 1.54.